The van der Waals surface area contributed by atoms with E-state index in [2.05, 4.69) is 206 Å². The van der Waals surface area contributed by atoms with E-state index in [1.54, 1.807) is 0 Å². The lowest BCUT2D eigenvalue weighted by molar-refractivity contribution is 0.660. The Labute approximate surface area is 360 Å². The number of pyridine rings is 1. The number of aromatic nitrogens is 4. The molecule has 8 aromatic carbocycles. The van der Waals surface area contributed by atoms with Crippen molar-refractivity contribution in [2.75, 3.05) is 0 Å². The molecule has 62 heavy (non-hydrogen) atoms. The van der Waals surface area contributed by atoms with Crippen molar-refractivity contribution in [3.8, 4) is 73.1 Å². The number of benzene rings is 8. The van der Waals surface area contributed by atoms with Crippen molar-refractivity contribution in [2.45, 2.75) is 19.3 Å². The fourth-order valence-corrected chi connectivity index (χ4v) is 9.74. The molecule has 0 aliphatic heterocycles. The summed E-state index contributed by atoms with van der Waals surface area (Å²) in [6.45, 7) is 4.67. The van der Waals surface area contributed by atoms with E-state index in [0.29, 0.717) is 5.82 Å². The van der Waals surface area contributed by atoms with Crippen LogP contribution in [0.2, 0.25) is 0 Å². The van der Waals surface area contributed by atoms with Crippen molar-refractivity contribution in [3.63, 3.8) is 0 Å². The summed E-state index contributed by atoms with van der Waals surface area (Å²) in [4.78, 5) is 15.8. The van der Waals surface area contributed by atoms with Crippen LogP contribution in [0.5, 0.6) is 0 Å². The van der Waals surface area contributed by atoms with Crippen LogP contribution in [-0.2, 0) is 5.41 Å². The maximum atomic E-state index is 5.37. The zero-order valence-corrected chi connectivity index (χ0v) is 34.4. The molecule has 0 N–H and O–H groups in total. The minimum atomic E-state index is -0.0708. The van der Waals surface area contributed by atoms with E-state index >= 15 is 0 Å². The minimum absolute atomic E-state index is 0.0708. The van der Waals surface area contributed by atoms with Crippen molar-refractivity contribution in [2.24, 2.45) is 0 Å². The van der Waals surface area contributed by atoms with Gasteiger partial charge in [0.2, 0.25) is 0 Å². The lowest BCUT2D eigenvalue weighted by Crippen LogP contribution is -2.14. The molecule has 1 aliphatic rings. The molecule has 0 amide bonds. The Morgan fingerprint density at radius 3 is 1.82 bits per heavy atom. The molecule has 1 aliphatic carbocycles. The fourth-order valence-electron chi connectivity index (χ4n) is 9.74. The molecule has 0 atom stereocenters. The summed E-state index contributed by atoms with van der Waals surface area (Å²) in [5, 5.41) is 3.44. The van der Waals surface area contributed by atoms with Gasteiger partial charge in [-0.3, -0.25) is 0 Å². The summed E-state index contributed by atoms with van der Waals surface area (Å²) in [5.74, 6) is 0.691. The fraction of sp³-hybridized carbons (Fsp3) is 0.0517. The molecule has 12 rings (SSSR count). The van der Waals surface area contributed by atoms with E-state index in [0.717, 1.165) is 77.9 Å². The Morgan fingerprint density at radius 2 is 1.00 bits per heavy atom. The average Bonchev–Trinajstić information content (AvgIpc) is 3.81. The SMILES string of the molecule is CC1(C)c2ccccc2-c2ccc(-c3cccc(-c4cc(-c5ccc(-c6nc7ccccc7c7c6c6ccccc6n7-c6ccccc6)cc5)nc(-c5ccccc5)n4)c3)cc21. The van der Waals surface area contributed by atoms with E-state index in [9.17, 15) is 0 Å². The molecule has 3 aromatic heterocycles. The Bertz CT molecular complexity index is 3530. The third-order valence-corrected chi connectivity index (χ3v) is 12.8. The van der Waals surface area contributed by atoms with Gasteiger partial charge in [0.05, 0.1) is 33.6 Å². The molecular formula is C58H40N4. The summed E-state index contributed by atoms with van der Waals surface area (Å²) in [5.41, 5.74) is 18.9. The predicted octanol–water partition coefficient (Wildman–Crippen LogP) is 14.8. The van der Waals surface area contributed by atoms with E-state index in [-0.39, 0.29) is 5.41 Å². The highest BCUT2D eigenvalue weighted by Crippen LogP contribution is 2.50. The van der Waals surface area contributed by atoms with Crippen molar-refractivity contribution < 1.29 is 0 Å². The Balaban J connectivity index is 0.975. The molecule has 0 saturated heterocycles. The maximum absolute atomic E-state index is 5.37. The first-order valence-corrected chi connectivity index (χ1v) is 21.3. The first kappa shape index (κ1) is 35.9. The van der Waals surface area contributed by atoms with Crippen LogP contribution in [-0.4, -0.2) is 19.5 Å². The summed E-state index contributed by atoms with van der Waals surface area (Å²) < 4.78 is 2.39. The number of fused-ring (bicyclic) bond motifs is 8. The van der Waals surface area contributed by atoms with Crippen molar-refractivity contribution >= 4 is 32.7 Å². The van der Waals surface area contributed by atoms with Gasteiger partial charge in [-0.15, -0.1) is 0 Å². The zero-order valence-electron chi connectivity index (χ0n) is 34.4. The monoisotopic (exact) mass is 792 g/mol. The smallest absolute Gasteiger partial charge is 0.160 e. The van der Waals surface area contributed by atoms with Crippen LogP contribution >= 0.6 is 0 Å². The number of rotatable bonds is 6. The molecule has 4 heteroatoms. The summed E-state index contributed by atoms with van der Waals surface area (Å²) in [7, 11) is 0. The van der Waals surface area contributed by atoms with Crippen LogP contribution in [0.3, 0.4) is 0 Å². The summed E-state index contributed by atoms with van der Waals surface area (Å²) >= 11 is 0. The standard InChI is InChI=1S/C58H40N4/c1-58(2)48-25-12-9-22-44(48)45-33-32-41(35-49(45)58)40-18-15-19-42(34-40)52-36-51(60-57(61-52)39-16-5-3-6-17-39)37-28-30-38(31-29-37)55-54-47-24-11-14-27-53(47)62(43-20-7-4-8-21-43)56(54)46-23-10-13-26-50(46)59-55/h3-36H,1-2H3. The van der Waals surface area contributed by atoms with Crippen LogP contribution in [0.4, 0.5) is 0 Å². The average molecular weight is 793 g/mol. The van der Waals surface area contributed by atoms with Gasteiger partial charge in [-0.05, 0) is 75.8 Å². The van der Waals surface area contributed by atoms with Crippen LogP contribution < -0.4 is 0 Å². The Hall–Kier alpha value is -7.95. The van der Waals surface area contributed by atoms with Gasteiger partial charge < -0.3 is 4.57 Å². The van der Waals surface area contributed by atoms with E-state index < -0.39 is 0 Å². The third-order valence-electron chi connectivity index (χ3n) is 12.8. The predicted molar refractivity (Wildman–Crippen MR) is 256 cm³/mol. The topological polar surface area (TPSA) is 43.6 Å². The number of nitrogens with zero attached hydrogens (tertiary/aromatic N) is 4. The Kier molecular flexibility index (Phi) is 8.16. The van der Waals surface area contributed by atoms with Gasteiger partial charge in [-0.1, -0.05) is 178 Å². The van der Waals surface area contributed by atoms with Crippen LogP contribution in [0, 0.1) is 0 Å². The van der Waals surface area contributed by atoms with E-state index in [1.807, 2.05) is 18.2 Å². The first-order valence-electron chi connectivity index (χ1n) is 21.3. The molecule has 0 unspecified atom stereocenters. The maximum Gasteiger partial charge on any atom is 0.160 e. The van der Waals surface area contributed by atoms with Crippen LogP contribution in [0.25, 0.3) is 106 Å². The molecule has 4 nitrogen and oxygen atoms in total. The molecule has 0 radical (unpaired) electrons. The Morgan fingerprint density at radius 1 is 0.403 bits per heavy atom. The van der Waals surface area contributed by atoms with Crippen molar-refractivity contribution in [1.29, 1.82) is 0 Å². The molecule has 292 valence electrons. The molecule has 0 saturated carbocycles. The molecule has 3 heterocycles. The van der Waals surface area contributed by atoms with Crippen LogP contribution in [0.1, 0.15) is 25.0 Å². The van der Waals surface area contributed by atoms with Gasteiger partial charge in [0.1, 0.15) is 0 Å². The van der Waals surface area contributed by atoms with Gasteiger partial charge in [0.15, 0.2) is 5.82 Å². The van der Waals surface area contributed by atoms with Gasteiger partial charge >= 0.3 is 0 Å². The second kappa shape index (κ2) is 14.1. The minimum Gasteiger partial charge on any atom is -0.308 e. The second-order valence-electron chi connectivity index (χ2n) is 16.8. The summed E-state index contributed by atoms with van der Waals surface area (Å²) in [6.07, 6.45) is 0. The van der Waals surface area contributed by atoms with Gasteiger partial charge in [0, 0.05) is 49.5 Å². The highest BCUT2D eigenvalue weighted by atomic mass is 15.0. The first-order chi connectivity index (χ1) is 30.5. The number of hydrogen-bond acceptors (Lipinski definition) is 3. The van der Waals surface area contributed by atoms with Crippen molar-refractivity contribution in [1.82, 2.24) is 19.5 Å². The second-order valence-corrected chi connectivity index (χ2v) is 16.8. The quantitative estimate of drug-likeness (QED) is 0.168. The van der Waals surface area contributed by atoms with Crippen molar-refractivity contribution in [3.05, 3.63) is 217 Å². The zero-order chi connectivity index (χ0) is 41.4. The number of hydrogen-bond donors (Lipinski definition) is 0. The van der Waals surface area contributed by atoms with Gasteiger partial charge in [-0.2, -0.15) is 0 Å². The third kappa shape index (κ3) is 5.72. The molecule has 11 aromatic rings. The lowest BCUT2D eigenvalue weighted by atomic mass is 9.81. The highest BCUT2D eigenvalue weighted by molar-refractivity contribution is 6.22. The van der Waals surface area contributed by atoms with E-state index in [1.165, 1.54) is 33.2 Å². The largest absolute Gasteiger partial charge is 0.308 e. The van der Waals surface area contributed by atoms with Gasteiger partial charge in [-0.25, -0.2) is 15.0 Å². The van der Waals surface area contributed by atoms with E-state index in [4.69, 9.17) is 15.0 Å². The molecule has 0 spiro atoms. The lowest BCUT2D eigenvalue weighted by Gasteiger charge is -2.22. The summed E-state index contributed by atoms with van der Waals surface area (Å²) in [6, 6.07) is 73.4. The highest BCUT2D eigenvalue weighted by Gasteiger charge is 2.35. The molecule has 0 fully saturated rings. The van der Waals surface area contributed by atoms with Crippen LogP contribution in [0.15, 0.2) is 206 Å². The van der Waals surface area contributed by atoms with Gasteiger partial charge in [0.25, 0.3) is 0 Å². The molecule has 0 bridgehead atoms. The molecular weight excluding hydrogens is 753 g/mol. The normalized spacial score (nSPS) is 12.8. The number of para-hydroxylation sites is 3.